The van der Waals surface area contributed by atoms with Crippen molar-refractivity contribution in [1.82, 2.24) is 4.98 Å². The van der Waals surface area contributed by atoms with E-state index in [1.807, 2.05) is 6.07 Å². The average molecular weight is 133 g/mol. The third-order valence-electron chi connectivity index (χ3n) is 1.11. The van der Waals surface area contributed by atoms with Gasteiger partial charge in [-0.25, -0.2) is 10.1 Å². The minimum atomic E-state index is -0.294. The topological polar surface area (TPSA) is 56.6 Å². The third kappa shape index (κ3) is 1.30. The van der Waals surface area contributed by atoms with Crippen molar-refractivity contribution in [2.75, 3.05) is 0 Å². The molecule has 0 N–H and O–H groups in total. The molecule has 0 aliphatic heterocycles. The van der Waals surface area contributed by atoms with E-state index >= 15 is 0 Å². The Bertz CT molecular complexity index is 265. The van der Waals surface area contributed by atoms with Gasteiger partial charge in [-0.2, -0.15) is 5.26 Å². The monoisotopic (exact) mass is 133 g/mol. The summed E-state index contributed by atoms with van der Waals surface area (Å²) in [6.45, 7) is -0.294. The summed E-state index contributed by atoms with van der Waals surface area (Å²) in [5.74, 6) is 0. The fourth-order valence-corrected chi connectivity index (χ4v) is 0.625. The van der Waals surface area contributed by atoms with Crippen LogP contribution in [0.5, 0.6) is 0 Å². The molecule has 3 heteroatoms. The number of hydrogen-bond donors (Lipinski definition) is 0. The molecule has 0 spiro atoms. The highest BCUT2D eigenvalue weighted by atomic mass is 16.3. The van der Waals surface area contributed by atoms with Crippen molar-refractivity contribution >= 4 is 0 Å². The van der Waals surface area contributed by atoms with Crippen LogP contribution in [0.4, 0.5) is 0 Å². The Labute approximate surface area is 58.6 Å². The highest BCUT2D eigenvalue weighted by Crippen LogP contribution is 1.99. The van der Waals surface area contributed by atoms with Gasteiger partial charge in [0.1, 0.15) is 18.4 Å². The van der Waals surface area contributed by atoms with E-state index in [0.29, 0.717) is 11.3 Å². The van der Waals surface area contributed by atoms with Crippen LogP contribution in [-0.4, -0.2) is 4.98 Å². The van der Waals surface area contributed by atoms with Gasteiger partial charge in [0, 0.05) is 6.20 Å². The van der Waals surface area contributed by atoms with Crippen LogP contribution < -0.4 is 0 Å². The van der Waals surface area contributed by atoms with Crippen molar-refractivity contribution in [1.29, 1.82) is 5.26 Å². The molecule has 0 aliphatic rings. The molecule has 0 bridgehead atoms. The molecule has 0 fully saturated rings. The van der Waals surface area contributed by atoms with Gasteiger partial charge in [0.15, 0.2) is 0 Å². The molecule has 0 aromatic carbocycles. The van der Waals surface area contributed by atoms with Crippen molar-refractivity contribution in [3.63, 3.8) is 0 Å². The van der Waals surface area contributed by atoms with Crippen LogP contribution in [0.2, 0.25) is 0 Å². The van der Waals surface area contributed by atoms with Crippen molar-refractivity contribution in [3.05, 3.63) is 29.6 Å². The fraction of sp³-hybridized carbons (Fsp3) is 0.143. The van der Waals surface area contributed by atoms with Crippen LogP contribution >= 0.6 is 0 Å². The standard InChI is InChI=1S/C7H5N2O/c8-4-7-3-6(5-10)1-2-9-7/h1-3H,5H2. The zero-order valence-corrected chi connectivity index (χ0v) is 5.24. The predicted molar refractivity (Wildman–Crippen MR) is 33.3 cm³/mol. The number of hydrogen-bond acceptors (Lipinski definition) is 2. The van der Waals surface area contributed by atoms with Gasteiger partial charge >= 0.3 is 0 Å². The molecule has 1 radical (unpaired) electrons. The first-order valence-corrected chi connectivity index (χ1v) is 2.80. The van der Waals surface area contributed by atoms with Crippen LogP contribution in [-0.2, 0) is 11.7 Å². The summed E-state index contributed by atoms with van der Waals surface area (Å²) in [4.78, 5) is 3.71. The third-order valence-corrected chi connectivity index (χ3v) is 1.11. The molecule has 0 atom stereocenters. The van der Waals surface area contributed by atoms with Gasteiger partial charge in [-0.3, -0.25) is 0 Å². The minimum absolute atomic E-state index is 0.294. The van der Waals surface area contributed by atoms with Crippen LogP contribution in [0.3, 0.4) is 0 Å². The summed E-state index contributed by atoms with van der Waals surface area (Å²) in [6.07, 6.45) is 1.46. The van der Waals surface area contributed by atoms with Gasteiger partial charge in [0.2, 0.25) is 0 Å². The van der Waals surface area contributed by atoms with Gasteiger partial charge < -0.3 is 0 Å². The van der Waals surface area contributed by atoms with E-state index in [-0.39, 0.29) is 6.61 Å². The summed E-state index contributed by atoms with van der Waals surface area (Å²) in [7, 11) is 0. The first-order valence-electron chi connectivity index (χ1n) is 2.80. The zero-order chi connectivity index (χ0) is 7.40. The van der Waals surface area contributed by atoms with Gasteiger partial charge in [-0.1, -0.05) is 0 Å². The molecule has 0 aliphatic carbocycles. The lowest BCUT2D eigenvalue weighted by molar-refractivity contribution is 0.177. The second-order valence-corrected chi connectivity index (χ2v) is 1.81. The molecule has 1 aromatic rings. The number of pyridine rings is 1. The van der Waals surface area contributed by atoms with E-state index in [9.17, 15) is 5.11 Å². The molecule has 49 valence electrons. The lowest BCUT2D eigenvalue weighted by Gasteiger charge is -1.91. The van der Waals surface area contributed by atoms with E-state index in [4.69, 9.17) is 5.26 Å². The van der Waals surface area contributed by atoms with Crippen LogP contribution in [0.1, 0.15) is 11.3 Å². The van der Waals surface area contributed by atoms with Crippen molar-refractivity contribution in [2.45, 2.75) is 6.61 Å². The lowest BCUT2D eigenvalue weighted by atomic mass is 10.2. The smallest absolute Gasteiger partial charge is 0.140 e. The molecule has 10 heavy (non-hydrogen) atoms. The second-order valence-electron chi connectivity index (χ2n) is 1.81. The van der Waals surface area contributed by atoms with Gasteiger partial charge in [0.05, 0.1) is 0 Å². The van der Waals surface area contributed by atoms with Crippen molar-refractivity contribution in [3.8, 4) is 6.07 Å². The van der Waals surface area contributed by atoms with E-state index in [1.165, 1.54) is 12.3 Å². The van der Waals surface area contributed by atoms with E-state index < -0.39 is 0 Å². The maximum absolute atomic E-state index is 10.3. The fourth-order valence-electron chi connectivity index (χ4n) is 0.625. The minimum Gasteiger partial charge on any atom is -0.246 e. The first-order chi connectivity index (χ1) is 4.86. The lowest BCUT2D eigenvalue weighted by Crippen LogP contribution is -1.85. The largest absolute Gasteiger partial charge is 0.246 e. The average Bonchev–Trinajstić information content (AvgIpc) is 2.05. The summed E-state index contributed by atoms with van der Waals surface area (Å²) in [5.41, 5.74) is 0.903. The maximum atomic E-state index is 10.3. The first kappa shape index (κ1) is 6.72. The number of nitriles is 1. The van der Waals surface area contributed by atoms with Gasteiger partial charge in [0.25, 0.3) is 0 Å². The maximum Gasteiger partial charge on any atom is 0.140 e. The molecular weight excluding hydrogens is 128 g/mol. The Morgan fingerprint density at radius 2 is 2.50 bits per heavy atom. The van der Waals surface area contributed by atoms with Crippen molar-refractivity contribution in [2.24, 2.45) is 0 Å². The Kier molecular flexibility index (Phi) is 1.98. The highest BCUT2D eigenvalue weighted by molar-refractivity contribution is 5.24. The molecule has 0 amide bonds. The molecule has 3 nitrogen and oxygen atoms in total. The molecular formula is C7H5N2O. The summed E-state index contributed by atoms with van der Waals surface area (Å²) in [6, 6.07) is 4.95. The molecule has 0 unspecified atom stereocenters. The normalized spacial score (nSPS) is 8.80. The Morgan fingerprint density at radius 3 is 3.10 bits per heavy atom. The Morgan fingerprint density at radius 1 is 1.70 bits per heavy atom. The Hall–Kier alpha value is -1.40. The molecule has 1 aromatic heterocycles. The quantitative estimate of drug-likeness (QED) is 0.571. The molecule has 0 saturated heterocycles. The van der Waals surface area contributed by atoms with Crippen molar-refractivity contribution < 1.29 is 5.11 Å². The van der Waals surface area contributed by atoms with Gasteiger partial charge in [-0.15, -0.1) is 0 Å². The van der Waals surface area contributed by atoms with E-state index in [1.54, 1.807) is 6.07 Å². The Balaban J connectivity index is 3.01. The van der Waals surface area contributed by atoms with E-state index in [2.05, 4.69) is 4.98 Å². The SMILES string of the molecule is N#Cc1cc(C[O])ccn1. The zero-order valence-electron chi connectivity index (χ0n) is 5.24. The summed E-state index contributed by atoms with van der Waals surface area (Å²) in [5, 5.41) is 18.6. The highest BCUT2D eigenvalue weighted by Gasteiger charge is 1.93. The number of nitrogens with zero attached hydrogens (tertiary/aromatic N) is 2. The molecule has 1 heterocycles. The summed E-state index contributed by atoms with van der Waals surface area (Å²) >= 11 is 0. The van der Waals surface area contributed by atoms with Crippen LogP contribution in [0.15, 0.2) is 18.3 Å². The number of aromatic nitrogens is 1. The molecule has 1 rings (SSSR count). The van der Waals surface area contributed by atoms with Crippen LogP contribution in [0, 0.1) is 11.3 Å². The predicted octanol–water partition coefficient (Wildman–Crippen LogP) is 0.884. The second kappa shape index (κ2) is 2.95. The van der Waals surface area contributed by atoms with Gasteiger partial charge in [-0.05, 0) is 17.7 Å². The summed E-state index contributed by atoms with van der Waals surface area (Å²) < 4.78 is 0. The van der Waals surface area contributed by atoms with Crippen LogP contribution in [0.25, 0.3) is 0 Å². The molecule has 0 saturated carbocycles. The number of rotatable bonds is 1. The van der Waals surface area contributed by atoms with E-state index in [0.717, 1.165) is 0 Å².